The summed E-state index contributed by atoms with van der Waals surface area (Å²) in [5, 5.41) is 0. The monoisotopic (exact) mass is 268 g/mol. The number of aromatic nitrogens is 1. The molecule has 1 aliphatic heterocycles. The summed E-state index contributed by atoms with van der Waals surface area (Å²) in [5.74, 6) is 0.399. The SMILES string of the molecule is O=C(Oc1ccccc1)C1CCN(c2ccncc2)C1. The van der Waals surface area contributed by atoms with Crippen LogP contribution in [0.15, 0.2) is 54.9 Å². The lowest BCUT2D eigenvalue weighted by atomic mass is 10.1. The number of para-hydroxylation sites is 1. The fourth-order valence-corrected chi connectivity index (χ4v) is 2.43. The highest BCUT2D eigenvalue weighted by molar-refractivity contribution is 5.76. The molecular weight excluding hydrogens is 252 g/mol. The first kappa shape index (κ1) is 12.7. The molecule has 1 aromatic heterocycles. The molecule has 4 heteroatoms. The number of esters is 1. The van der Waals surface area contributed by atoms with E-state index in [4.69, 9.17) is 4.74 Å². The Kier molecular flexibility index (Phi) is 3.63. The Morgan fingerprint density at radius 2 is 1.90 bits per heavy atom. The minimum Gasteiger partial charge on any atom is -0.426 e. The van der Waals surface area contributed by atoms with Crippen molar-refractivity contribution >= 4 is 11.7 Å². The molecule has 1 atom stereocenters. The van der Waals surface area contributed by atoms with Gasteiger partial charge in [0, 0.05) is 31.2 Å². The summed E-state index contributed by atoms with van der Waals surface area (Å²) in [6, 6.07) is 13.1. The summed E-state index contributed by atoms with van der Waals surface area (Å²) >= 11 is 0. The number of anilines is 1. The van der Waals surface area contributed by atoms with Crippen LogP contribution in [0.3, 0.4) is 0 Å². The van der Waals surface area contributed by atoms with Gasteiger partial charge in [-0.25, -0.2) is 0 Å². The molecule has 0 aliphatic carbocycles. The number of benzene rings is 1. The van der Waals surface area contributed by atoms with Gasteiger partial charge in [0.2, 0.25) is 0 Å². The van der Waals surface area contributed by atoms with Gasteiger partial charge in [-0.15, -0.1) is 0 Å². The molecule has 3 rings (SSSR count). The van der Waals surface area contributed by atoms with Crippen LogP contribution in [-0.4, -0.2) is 24.0 Å². The molecule has 102 valence electrons. The van der Waals surface area contributed by atoms with E-state index in [0.29, 0.717) is 12.3 Å². The number of nitrogens with zero attached hydrogens (tertiary/aromatic N) is 2. The topological polar surface area (TPSA) is 42.4 Å². The minimum absolute atomic E-state index is 0.0663. The van der Waals surface area contributed by atoms with E-state index < -0.39 is 0 Å². The van der Waals surface area contributed by atoms with E-state index in [0.717, 1.165) is 18.7 Å². The highest BCUT2D eigenvalue weighted by Gasteiger charge is 2.29. The van der Waals surface area contributed by atoms with E-state index in [1.165, 1.54) is 0 Å². The zero-order valence-corrected chi connectivity index (χ0v) is 11.1. The average molecular weight is 268 g/mol. The molecule has 0 amide bonds. The van der Waals surface area contributed by atoms with Gasteiger partial charge in [-0.2, -0.15) is 0 Å². The molecule has 1 saturated heterocycles. The molecule has 1 aromatic carbocycles. The average Bonchev–Trinajstić information content (AvgIpc) is 2.99. The van der Waals surface area contributed by atoms with Crippen molar-refractivity contribution in [1.29, 1.82) is 0 Å². The summed E-state index contributed by atoms with van der Waals surface area (Å²) in [6.45, 7) is 1.58. The van der Waals surface area contributed by atoms with Gasteiger partial charge < -0.3 is 9.64 Å². The normalized spacial score (nSPS) is 18.0. The zero-order valence-electron chi connectivity index (χ0n) is 11.1. The van der Waals surface area contributed by atoms with Gasteiger partial charge in [-0.3, -0.25) is 9.78 Å². The van der Waals surface area contributed by atoms with Crippen LogP contribution in [0.5, 0.6) is 5.75 Å². The van der Waals surface area contributed by atoms with Gasteiger partial charge in [0.25, 0.3) is 0 Å². The summed E-state index contributed by atoms with van der Waals surface area (Å²) in [6.07, 6.45) is 4.36. The highest BCUT2D eigenvalue weighted by Crippen LogP contribution is 2.24. The van der Waals surface area contributed by atoms with Crippen molar-refractivity contribution < 1.29 is 9.53 Å². The van der Waals surface area contributed by atoms with Crippen molar-refractivity contribution in [3.63, 3.8) is 0 Å². The highest BCUT2D eigenvalue weighted by atomic mass is 16.5. The third kappa shape index (κ3) is 2.79. The summed E-state index contributed by atoms with van der Waals surface area (Å²) in [5.41, 5.74) is 1.11. The Morgan fingerprint density at radius 3 is 2.65 bits per heavy atom. The maximum absolute atomic E-state index is 12.1. The largest absolute Gasteiger partial charge is 0.426 e. The molecule has 0 spiro atoms. The van der Waals surface area contributed by atoms with Crippen LogP contribution in [0, 0.1) is 5.92 Å². The van der Waals surface area contributed by atoms with Crippen molar-refractivity contribution in [2.24, 2.45) is 5.92 Å². The van der Waals surface area contributed by atoms with Crippen molar-refractivity contribution in [3.05, 3.63) is 54.9 Å². The van der Waals surface area contributed by atoms with E-state index in [9.17, 15) is 4.79 Å². The van der Waals surface area contributed by atoms with Gasteiger partial charge in [-0.1, -0.05) is 18.2 Å². The Bertz CT molecular complexity index is 572. The van der Waals surface area contributed by atoms with Gasteiger partial charge >= 0.3 is 5.97 Å². The van der Waals surface area contributed by atoms with Gasteiger partial charge in [-0.05, 0) is 30.7 Å². The molecule has 1 aliphatic rings. The number of hydrogen-bond acceptors (Lipinski definition) is 4. The van der Waals surface area contributed by atoms with E-state index in [1.807, 2.05) is 30.3 Å². The number of carbonyl (C=O) groups is 1. The molecule has 2 heterocycles. The fourth-order valence-electron chi connectivity index (χ4n) is 2.43. The zero-order chi connectivity index (χ0) is 13.8. The number of pyridine rings is 1. The van der Waals surface area contributed by atoms with Gasteiger partial charge in [0.1, 0.15) is 5.75 Å². The maximum atomic E-state index is 12.1. The number of hydrogen-bond donors (Lipinski definition) is 0. The lowest BCUT2D eigenvalue weighted by molar-refractivity contribution is -0.138. The predicted molar refractivity (Wildman–Crippen MR) is 76.6 cm³/mol. The van der Waals surface area contributed by atoms with Crippen LogP contribution >= 0.6 is 0 Å². The molecule has 0 saturated carbocycles. The second-order valence-corrected chi connectivity index (χ2v) is 4.87. The minimum atomic E-state index is -0.146. The second-order valence-electron chi connectivity index (χ2n) is 4.87. The molecule has 1 fully saturated rings. The number of ether oxygens (including phenoxy) is 1. The van der Waals surface area contributed by atoms with Crippen LogP contribution in [-0.2, 0) is 4.79 Å². The lowest BCUT2D eigenvalue weighted by Gasteiger charge is -2.17. The first-order valence-corrected chi connectivity index (χ1v) is 6.74. The van der Waals surface area contributed by atoms with E-state index >= 15 is 0 Å². The van der Waals surface area contributed by atoms with Crippen LogP contribution in [0.25, 0.3) is 0 Å². The Labute approximate surface area is 118 Å². The van der Waals surface area contributed by atoms with Gasteiger partial charge in [0.05, 0.1) is 5.92 Å². The molecule has 4 nitrogen and oxygen atoms in total. The third-order valence-electron chi connectivity index (χ3n) is 3.51. The first-order chi connectivity index (χ1) is 9.83. The third-order valence-corrected chi connectivity index (χ3v) is 3.51. The molecule has 0 N–H and O–H groups in total. The van der Waals surface area contributed by atoms with E-state index in [2.05, 4.69) is 9.88 Å². The van der Waals surface area contributed by atoms with Crippen molar-refractivity contribution in [2.45, 2.75) is 6.42 Å². The first-order valence-electron chi connectivity index (χ1n) is 6.74. The molecule has 0 radical (unpaired) electrons. The van der Waals surface area contributed by atoms with Crippen LogP contribution in [0.4, 0.5) is 5.69 Å². The maximum Gasteiger partial charge on any atom is 0.316 e. The van der Waals surface area contributed by atoms with E-state index in [-0.39, 0.29) is 11.9 Å². The standard InChI is InChI=1S/C16H16N2O2/c19-16(20-15-4-2-1-3-5-15)13-8-11-18(12-13)14-6-9-17-10-7-14/h1-7,9-10,13H,8,11-12H2. The number of rotatable bonds is 3. The molecule has 0 bridgehead atoms. The van der Waals surface area contributed by atoms with Crippen molar-refractivity contribution in [3.8, 4) is 5.75 Å². The summed E-state index contributed by atoms with van der Waals surface area (Å²) in [4.78, 5) is 18.3. The lowest BCUT2D eigenvalue weighted by Crippen LogP contribution is -2.25. The summed E-state index contributed by atoms with van der Waals surface area (Å²) in [7, 11) is 0. The van der Waals surface area contributed by atoms with Gasteiger partial charge in [0.15, 0.2) is 0 Å². The molecular formula is C16H16N2O2. The Balaban J connectivity index is 1.61. The number of carbonyl (C=O) groups excluding carboxylic acids is 1. The quantitative estimate of drug-likeness (QED) is 0.633. The van der Waals surface area contributed by atoms with Crippen LogP contribution < -0.4 is 9.64 Å². The van der Waals surface area contributed by atoms with Crippen molar-refractivity contribution in [2.75, 3.05) is 18.0 Å². The molecule has 20 heavy (non-hydrogen) atoms. The Morgan fingerprint density at radius 1 is 1.15 bits per heavy atom. The van der Waals surface area contributed by atoms with Crippen LogP contribution in [0.2, 0.25) is 0 Å². The second kappa shape index (κ2) is 5.74. The smallest absolute Gasteiger partial charge is 0.316 e. The predicted octanol–water partition coefficient (Wildman–Crippen LogP) is 2.51. The molecule has 1 unspecified atom stereocenters. The molecule has 2 aromatic rings. The summed E-state index contributed by atoms with van der Waals surface area (Å²) < 4.78 is 5.40. The van der Waals surface area contributed by atoms with Crippen LogP contribution in [0.1, 0.15) is 6.42 Å². The fraction of sp³-hybridized carbons (Fsp3) is 0.250. The Hall–Kier alpha value is -2.36. The van der Waals surface area contributed by atoms with E-state index in [1.54, 1.807) is 24.5 Å². The van der Waals surface area contributed by atoms with Crippen molar-refractivity contribution in [1.82, 2.24) is 4.98 Å².